The Morgan fingerprint density at radius 1 is 1.45 bits per heavy atom. The van der Waals surface area contributed by atoms with Crippen LogP contribution in [0.4, 0.5) is 11.5 Å². The number of halogens is 1. The first-order valence-corrected chi connectivity index (χ1v) is 6.02. The van der Waals surface area contributed by atoms with Gasteiger partial charge in [-0.15, -0.1) is 0 Å². The predicted molar refractivity (Wildman–Crippen MR) is 74.0 cm³/mol. The van der Waals surface area contributed by atoms with Crippen molar-refractivity contribution in [1.29, 1.82) is 0 Å². The Balaban J connectivity index is 2.24. The molecule has 8 heteroatoms. The summed E-state index contributed by atoms with van der Waals surface area (Å²) in [6.07, 6.45) is 0. The van der Waals surface area contributed by atoms with Crippen LogP contribution >= 0.6 is 11.6 Å². The zero-order chi connectivity index (χ0) is 14.9. The van der Waals surface area contributed by atoms with E-state index in [1.54, 1.807) is 20.0 Å². The molecule has 0 atom stereocenters. The quantitative estimate of drug-likeness (QED) is 0.695. The minimum Gasteiger partial charge on any atom is -0.307 e. The lowest BCUT2D eigenvalue weighted by atomic mass is 10.2. The Kier molecular flexibility index (Phi) is 3.71. The predicted octanol–water partition coefficient (Wildman–Crippen LogP) is 2.54. The molecule has 7 nitrogen and oxygen atoms in total. The van der Waals surface area contributed by atoms with Gasteiger partial charge in [0.25, 0.3) is 11.6 Å². The summed E-state index contributed by atoms with van der Waals surface area (Å²) in [7, 11) is 1.70. The number of aromatic nitrogens is 2. The Morgan fingerprint density at radius 3 is 2.65 bits per heavy atom. The van der Waals surface area contributed by atoms with Gasteiger partial charge in [0.1, 0.15) is 10.8 Å². The highest BCUT2D eigenvalue weighted by molar-refractivity contribution is 6.33. The average molecular weight is 295 g/mol. The van der Waals surface area contributed by atoms with E-state index in [1.165, 1.54) is 22.9 Å². The van der Waals surface area contributed by atoms with Crippen molar-refractivity contribution < 1.29 is 9.72 Å². The maximum Gasteiger partial charge on any atom is 0.287 e. The van der Waals surface area contributed by atoms with Gasteiger partial charge in [0.15, 0.2) is 0 Å². The average Bonchev–Trinajstić information content (AvgIpc) is 2.67. The van der Waals surface area contributed by atoms with E-state index in [0.717, 1.165) is 5.69 Å². The number of nitro groups is 1. The second kappa shape index (κ2) is 5.30. The van der Waals surface area contributed by atoms with Gasteiger partial charge in [-0.3, -0.25) is 19.6 Å². The fraction of sp³-hybridized carbons (Fsp3) is 0.167. The Labute approximate surface area is 119 Å². The molecule has 0 aliphatic carbocycles. The normalized spacial score (nSPS) is 10.3. The van der Waals surface area contributed by atoms with Crippen molar-refractivity contribution in [3.63, 3.8) is 0 Å². The van der Waals surface area contributed by atoms with Crippen molar-refractivity contribution in [2.45, 2.75) is 6.92 Å². The first kappa shape index (κ1) is 14.0. The molecule has 1 heterocycles. The topological polar surface area (TPSA) is 90.1 Å². The Bertz CT molecular complexity index is 696. The Hall–Kier alpha value is -2.41. The number of carbonyl (C=O) groups is 1. The van der Waals surface area contributed by atoms with Crippen LogP contribution in [0.1, 0.15) is 16.1 Å². The number of rotatable bonds is 3. The summed E-state index contributed by atoms with van der Waals surface area (Å²) in [6.45, 7) is 1.80. The smallest absolute Gasteiger partial charge is 0.287 e. The monoisotopic (exact) mass is 294 g/mol. The second-order valence-electron chi connectivity index (χ2n) is 4.17. The standard InChI is InChI=1S/C12H11ClN4O3/c1-7-5-11(16(2)15-7)14-12(18)8-3-4-10(17(19)20)9(13)6-8/h3-6H,1-2H3,(H,14,18). The summed E-state index contributed by atoms with van der Waals surface area (Å²) >= 11 is 5.77. The van der Waals surface area contributed by atoms with E-state index in [0.29, 0.717) is 5.82 Å². The summed E-state index contributed by atoms with van der Waals surface area (Å²) in [5, 5.41) is 17.3. The van der Waals surface area contributed by atoms with Crippen molar-refractivity contribution >= 4 is 29.0 Å². The van der Waals surface area contributed by atoms with Crippen molar-refractivity contribution in [2.75, 3.05) is 5.32 Å². The van der Waals surface area contributed by atoms with E-state index in [4.69, 9.17) is 11.6 Å². The highest BCUT2D eigenvalue weighted by Gasteiger charge is 2.16. The summed E-state index contributed by atoms with van der Waals surface area (Å²) in [6, 6.07) is 5.53. The van der Waals surface area contributed by atoms with Gasteiger partial charge in [0.2, 0.25) is 0 Å². The molecular formula is C12H11ClN4O3. The van der Waals surface area contributed by atoms with Crippen LogP contribution in [0.2, 0.25) is 5.02 Å². The minimum atomic E-state index is -0.603. The molecule has 0 saturated heterocycles. The fourth-order valence-corrected chi connectivity index (χ4v) is 1.96. The van der Waals surface area contributed by atoms with Gasteiger partial charge in [0, 0.05) is 24.7 Å². The van der Waals surface area contributed by atoms with Gasteiger partial charge in [-0.1, -0.05) is 11.6 Å². The third-order valence-corrected chi connectivity index (χ3v) is 2.95. The van der Waals surface area contributed by atoms with E-state index in [9.17, 15) is 14.9 Å². The van der Waals surface area contributed by atoms with Gasteiger partial charge in [-0.05, 0) is 19.1 Å². The number of hydrogen-bond acceptors (Lipinski definition) is 4. The Morgan fingerprint density at radius 2 is 2.15 bits per heavy atom. The lowest BCUT2D eigenvalue weighted by Crippen LogP contribution is -2.14. The van der Waals surface area contributed by atoms with Crippen LogP contribution in [-0.2, 0) is 7.05 Å². The van der Waals surface area contributed by atoms with Crippen LogP contribution in [-0.4, -0.2) is 20.6 Å². The van der Waals surface area contributed by atoms with E-state index >= 15 is 0 Å². The molecular weight excluding hydrogens is 284 g/mol. The number of nitro benzene ring substituents is 1. The SMILES string of the molecule is Cc1cc(NC(=O)c2ccc([N+](=O)[O-])c(Cl)c2)n(C)n1. The van der Waals surface area contributed by atoms with Crippen molar-refractivity contribution in [3.8, 4) is 0 Å². The second-order valence-corrected chi connectivity index (χ2v) is 4.58. The summed E-state index contributed by atoms with van der Waals surface area (Å²) in [5.74, 6) is 0.117. The number of nitrogens with one attached hydrogen (secondary N) is 1. The molecule has 2 aromatic rings. The first-order valence-electron chi connectivity index (χ1n) is 5.64. The zero-order valence-corrected chi connectivity index (χ0v) is 11.5. The molecule has 2 rings (SSSR count). The number of amides is 1. The number of benzene rings is 1. The number of anilines is 1. The number of nitrogens with zero attached hydrogens (tertiary/aromatic N) is 3. The lowest BCUT2D eigenvalue weighted by molar-refractivity contribution is -0.384. The molecule has 0 aliphatic heterocycles. The molecule has 0 spiro atoms. The first-order chi connectivity index (χ1) is 9.38. The zero-order valence-electron chi connectivity index (χ0n) is 10.8. The van der Waals surface area contributed by atoms with Crippen LogP contribution in [0.15, 0.2) is 24.3 Å². The molecule has 1 aromatic heterocycles. The summed E-state index contributed by atoms with van der Waals surface area (Å²) in [4.78, 5) is 22.1. The van der Waals surface area contributed by atoms with Crippen molar-refractivity contribution in [1.82, 2.24) is 9.78 Å². The van der Waals surface area contributed by atoms with E-state index in [2.05, 4.69) is 10.4 Å². The molecule has 104 valence electrons. The number of aryl methyl sites for hydroxylation is 2. The summed E-state index contributed by atoms with van der Waals surface area (Å²) in [5.41, 5.74) is 0.767. The van der Waals surface area contributed by atoms with E-state index in [1.807, 2.05) is 0 Å². The van der Waals surface area contributed by atoms with Gasteiger partial charge in [-0.2, -0.15) is 5.10 Å². The molecule has 0 unspecified atom stereocenters. The van der Waals surface area contributed by atoms with Gasteiger partial charge in [0.05, 0.1) is 10.6 Å². The molecule has 0 radical (unpaired) electrons. The molecule has 0 aliphatic rings. The maximum absolute atomic E-state index is 12.0. The third kappa shape index (κ3) is 2.77. The van der Waals surface area contributed by atoms with Crippen LogP contribution in [0.25, 0.3) is 0 Å². The van der Waals surface area contributed by atoms with Crippen molar-refractivity contribution in [3.05, 3.63) is 50.7 Å². The molecule has 0 fully saturated rings. The molecule has 1 amide bonds. The molecule has 1 N–H and O–H groups in total. The minimum absolute atomic E-state index is 0.0798. The van der Waals surface area contributed by atoms with Crippen LogP contribution < -0.4 is 5.32 Å². The van der Waals surface area contributed by atoms with Gasteiger partial charge >= 0.3 is 0 Å². The number of carbonyl (C=O) groups excluding carboxylic acids is 1. The van der Waals surface area contributed by atoms with Crippen LogP contribution in [0.3, 0.4) is 0 Å². The summed E-state index contributed by atoms with van der Waals surface area (Å²) < 4.78 is 1.53. The fourth-order valence-electron chi connectivity index (χ4n) is 1.71. The third-order valence-electron chi connectivity index (χ3n) is 2.65. The van der Waals surface area contributed by atoms with E-state index in [-0.39, 0.29) is 16.3 Å². The van der Waals surface area contributed by atoms with Gasteiger partial charge in [-0.25, -0.2) is 0 Å². The van der Waals surface area contributed by atoms with E-state index < -0.39 is 10.8 Å². The van der Waals surface area contributed by atoms with Crippen LogP contribution in [0.5, 0.6) is 0 Å². The maximum atomic E-state index is 12.0. The molecule has 0 saturated carbocycles. The highest BCUT2D eigenvalue weighted by atomic mass is 35.5. The number of hydrogen-bond donors (Lipinski definition) is 1. The molecule has 20 heavy (non-hydrogen) atoms. The van der Waals surface area contributed by atoms with Gasteiger partial charge < -0.3 is 5.32 Å². The highest BCUT2D eigenvalue weighted by Crippen LogP contribution is 2.25. The lowest BCUT2D eigenvalue weighted by Gasteiger charge is -2.05. The largest absolute Gasteiger partial charge is 0.307 e. The van der Waals surface area contributed by atoms with Crippen molar-refractivity contribution in [2.24, 2.45) is 7.05 Å². The molecule has 0 bridgehead atoms. The molecule has 1 aromatic carbocycles. The van der Waals surface area contributed by atoms with Crippen LogP contribution in [0, 0.1) is 17.0 Å².